The molecule has 0 spiro atoms. The lowest BCUT2D eigenvalue weighted by Crippen LogP contribution is -2.33. The highest BCUT2D eigenvalue weighted by Gasteiger charge is 2.14. The van der Waals surface area contributed by atoms with Gasteiger partial charge in [-0.25, -0.2) is 0 Å². The van der Waals surface area contributed by atoms with E-state index in [0.717, 1.165) is 4.34 Å². The molecular formula is C12H20ClNS. The van der Waals surface area contributed by atoms with Crippen LogP contribution in [0.1, 0.15) is 45.7 Å². The van der Waals surface area contributed by atoms with E-state index in [2.05, 4.69) is 38.4 Å². The second-order valence-electron chi connectivity index (χ2n) is 4.25. The Bertz CT molecular complexity index is 298. The largest absolute Gasteiger partial charge is 0.307 e. The molecule has 0 amide bonds. The van der Waals surface area contributed by atoms with Crippen LogP contribution in [0.5, 0.6) is 0 Å². The summed E-state index contributed by atoms with van der Waals surface area (Å²) in [6.45, 7) is 8.95. The van der Waals surface area contributed by atoms with Crippen LogP contribution in [0.4, 0.5) is 0 Å². The minimum atomic E-state index is 0.387. The fraction of sp³-hybridized carbons (Fsp3) is 0.667. The van der Waals surface area contributed by atoms with Crippen LogP contribution in [0.15, 0.2) is 11.4 Å². The van der Waals surface area contributed by atoms with Crippen LogP contribution in [0.2, 0.25) is 4.34 Å². The summed E-state index contributed by atoms with van der Waals surface area (Å²) in [5, 5.41) is 5.74. The van der Waals surface area contributed by atoms with Crippen LogP contribution in [0.3, 0.4) is 0 Å². The molecule has 0 bridgehead atoms. The molecule has 0 saturated carbocycles. The molecule has 15 heavy (non-hydrogen) atoms. The van der Waals surface area contributed by atoms with E-state index in [1.54, 1.807) is 11.3 Å². The Labute approximate surface area is 102 Å². The number of hydrogen-bond donors (Lipinski definition) is 1. The third kappa shape index (κ3) is 3.78. The van der Waals surface area contributed by atoms with Crippen molar-refractivity contribution in [3.05, 3.63) is 21.3 Å². The molecule has 3 heteroatoms. The first-order valence-electron chi connectivity index (χ1n) is 5.54. The van der Waals surface area contributed by atoms with E-state index in [1.807, 2.05) is 6.07 Å². The molecule has 0 aliphatic rings. The summed E-state index contributed by atoms with van der Waals surface area (Å²) in [6, 6.07) is 2.98. The molecule has 0 aromatic carbocycles. The van der Waals surface area contributed by atoms with Gasteiger partial charge in [0.05, 0.1) is 4.34 Å². The monoisotopic (exact) mass is 245 g/mol. The van der Waals surface area contributed by atoms with Gasteiger partial charge >= 0.3 is 0 Å². The Balaban J connectivity index is 2.52. The normalized spacial score (nSPS) is 17.4. The molecule has 1 aromatic rings. The maximum Gasteiger partial charge on any atom is 0.0931 e. The van der Waals surface area contributed by atoms with E-state index >= 15 is 0 Å². The standard InChI is InChI=1S/C12H20ClNS/c1-5-8(2)9(3)14-10(4)11-6-12(13)15-7-11/h6-10,14H,5H2,1-4H3. The second kappa shape index (κ2) is 5.88. The molecule has 0 aliphatic carbocycles. The fourth-order valence-electron chi connectivity index (χ4n) is 1.56. The van der Waals surface area contributed by atoms with Crippen LogP contribution in [-0.4, -0.2) is 6.04 Å². The van der Waals surface area contributed by atoms with E-state index < -0.39 is 0 Å². The number of hydrogen-bond acceptors (Lipinski definition) is 2. The van der Waals surface area contributed by atoms with Gasteiger partial charge in [0.25, 0.3) is 0 Å². The maximum absolute atomic E-state index is 5.92. The Morgan fingerprint density at radius 3 is 2.53 bits per heavy atom. The third-order valence-electron chi connectivity index (χ3n) is 3.10. The van der Waals surface area contributed by atoms with Crippen LogP contribution >= 0.6 is 22.9 Å². The summed E-state index contributed by atoms with van der Waals surface area (Å²) < 4.78 is 0.870. The summed E-state index contributed by atoms with van der Waals surface area (Å²) in [4.78, 5) is 0. The zero-order valence-electron chi connectivity index (χ0n) is 9.88. The predicted molar refractivity (Wildman–Crippen MR) is 69.8 cm³/mol. The Hall–Kier alpha value is -0.0500. The molecular weight excluding hydrogens is 226 g/mol. The number of rotatable bonds is 5. The molecule has 1 aromatic heterocycles. The van der Waals surface area contributed by atoms with Crippen molar-refractivity contribution < 1.29 is 0 Å². The Morgan fingerprint density at radius 1 is 1.40 bits per heavy atom. The lowest BCUT2D eigenvalue weighted by molar-refractivity contribution is 0.360. The van der Waals surface area contributed by atoms with Crippen molar-refractivity contribution in [2.45, 2.75) is 46.2 Å². The summed E-state index contributed by atoms with van der Waals surface area (Å²) in [5.74, 6) is 0.710. The molecule has 1 rings (SSSR count). The van der Waals surface area contributed by atoms with Crippen LogP contribution in [0, 0.1) is 5.92 Å². The average Bonchev–Trinajstić information content (AvgIpc) is 2.63. The molecule has 1 N–H and O–H groups in total. The summed E-state index contributed by atoms with van der Waals surface area (Å²) >= 11 is 7.52. The molecule has 1 nitrogen and oxygen atoms in total. The fourth-order valence-corrected chi connectivity index (χ4v) is 2.54. The lowest BCUT2D eigenvalue weighted by atomic mass is 9.99. The first kappa shape index (κ1) is 13.0. The van der Waals surface area contributed by atoms with Gasteiger partial charge in [-0.05, 0) is 36.8 Å². The summed E-state index contributed by atoms with van der Waals surface area (Å²) in [7, 11) is 0. The lowest BCUT2D eigenvalue weighted by Gasteiger charge is -2.24. The highest BCUT2D eigenvalue weighted by molar-refractivity contribution is 7.14. The number of nitrogens with one attached hydrogen (secondary N) is 1. The molecule has 0 aliphatic heterocycles. The molecule has 1 heterocycles. The van der Waals surface area contributed by atoms with Crippen molar-refractivity contribution >= 4 is 22.9 Å². The minimum absolute atomic E-state index is 0.387. The Kier molecular flexibility index (Phi) is 5.10. The topological polar surface area (TPSA) is 12.0 Å². The van der Waals surface area contributed by atoms with Gasteiger partial charge in [-0.3, -0.25) is 0 Å². The van der Waals surface area contributed by atoms with Gasteiger partial charge < -0.3 is 5.32 Å². The molecule has 3 unspecified atom stereocenters. The smallest absolute Gasteiger partial charge is 0.0931 e. The molecule has 3 atom stereocenters. The van der Waals surface area contributed by atoms with Gasteiger partial charge in [0, 0.05) is 12.1 Å². The molecule has 0 fully saturated rings. The van der Waals surface area contributed by atoms with E-state index in [9.17, 15) is 0 Å². The van der Waals surface area contributed by atoms with E-state index in [4.69, 9.17) is 11.6 Å². The Morgan fingerprint density at radius 2 is 2.07 bits per heavy atom. The van der Waals surface area contributed by atoms with E-state index in [1.165, 1.54) is 12.0 Å². The van der Waals surface area contributed by atoms with Crippen molar-refractivity contribution in [3.8, 4) is 0 Å². The summed E-state index contributed by atoms with van der Waals surface area (Å²) in [6.07, 6.45) is 1.21. The number of halogens is 1. The van der Waals surface area contributed by atoms with Crippen molar-refractivity contribution in [1.29, 1.82) is 0 Å². The zero-order chi connectivity index (χ0) is 11.4. The predicted octanol–water partition coefficient (Wildman–Crippen LogP) is 4.49. The first-order chi connectivity index (χ1) is 7.04. The molecule has 86 valence electrons. The van der Waals surface area contributed by atoms with Crippen molar-refractivity contribution in [1.82, 2.24) is 5.32 Å². The number of thiophene rings is 1. The van der Waals surface area contributed by atoms with Crippen LogP contribution < -0.4 is 5.32 Å². The minimum Gasteiger partial charge on any atom is -0.307 e. The van der Waals surface area contributed by atoms with E-state index in [0.29, 0.717) is 18.0 Å². The van der Waals surface area contributed by atoms with Crippen LogP contribution in [0.25, 0.3) is 0 Å². The summed E-state index contributed by atoms with van der Waals surface area (Å²) in [5.41, 5.74) is 1.29. The maximum atomic E-state index is 5.92. The van der Waals surface area contributed by atoms with Crippen molar-refractivity contribution in [2.75, 3.05) is 0 Å². The van der Waals surface area contributed by atoms with Gasteiger partial charge in [0.2, 0.25) is 0 Å². The highest BCUT2D eigenvalue weighted by Crippen LogP contribution is 2.25. The van der Waals surface area contributed by atoms with Gasteiger partial charge in [-0.15, -0.1) is 11.3 Å². The highest BCUT2D eigenvalue weighted by atomic mass is 35.5. The SMILES string of the molecule is CCC(C)C(C)NC(C)c1csc(Cl)c1. The zero-order valence-corrected chi connectivity index (χ0v) is 11.5. The average molecular weight is 246 g/mol. The van der Waals surface area contributed by atoms with Gasteiger partial charge in [0.15, 0.2) is 0 Å². The molecule has 0 saturated heterocycles. The van der Waals surface area contributed by atoms with E-state index in [-0.39, 0.29) is 0 Å². The van der Waals surface area contributed by atoms with Crippen molar-refractivity contribution in [2.24, 2.45) is 5.92 Å². The van der Waals surface area contributed by atoms with Gasteiger partial charge in [-0.1, -0.05) is 31.9 Å². The molecule has 0 radical (unpaired) electrons. The van der Waals surface area contributed by atoms with Crippen LogP contribution in [-0.2, 0) is 0 Å². The van der Waals surface area contributed by atoms with Crippen molar-refractivity contribution in [3.63, 3.8) is 0 Å². The van der Waals surface area contributed by atoms with Gasteiger partial charge in [0.1, 0.15) is 0 Å². The van der Waals surface area contributed by atoms with Gasteiger partial charge in [-0.2, -0.15) is 0 Å². The second-order valence-corrected chi connectivity index (χ2v) is 5.79. The quantitative estimate of drug-likeness (QED) is 0.806. The first-order valence-corrected chi connectivity index (χ1v) is 6.80. The third-order valence-corrected chi connectivity index (χ3v) is 4.21.